The summed E-state index contributed by atoms with van der Waals surface area (Å²) in [6.07, 6.45) is 4.94. The van der Waals surface area contributed by atoms with Crippen molar-refractivity contribution >= 4 is 0 Å². The minimum absolute atomic E-state index is 0.115. The van der Waals surface area contributed by atoms with E-state index in [0.717, 1.165) is 36.7 Å². The van der Waals surface area contributed by atoms with Crippen molar-refractivity contribution in [3.8, 4) is 17.2 Å². The molecule has 0 radical (unpaired) electrons. The Morgan fingerprint density at radius 2 is 2.05 bits per heavy atom. The second-order valence-corrected chi connectivity index (χ2v) is 5.68. The predicted octanol–water partition coefficient (Wildman–Crippen LogP) is 2.14. The molecule has 5 nitrogen and oxygen atoms in total. The molecule has 1 aromatic carbocycles. The molecule has 2 heterocycles. The smallest absolute Gasteiger partial charge is 0.162 e. The van der Waals surface area contributed by atoms with E-state index in [4.69, 9.17) is 9.47 Å². The quantitative estimate of drug-likeness (QED) is 0.936. The Hall–Kier alpha value is -2.01. The number of nitrogens with zero attached hydrogens (tertiary/aromatic N) is 2. The van der Waals surface area contributed by atoms with E-state index in [1.807, 2.05) is 30.7 Å². The van der Waals surface area contributed by atoms with Crippen molar-refractivity contribution in [2.75, 3.05) is 27.3 Å². The van der Waals surface area contributed by atoms with Gasteiger partial charge in [-0.25, -0.2) is 4.98 Å². The molecule has 1 unspecified atom stereocenters. The number of hydrogen-bond acceptors (Lipinski definition) is 4. The first-order valence-corrected chi connectivity index (χ1v) is 7.14. The van der Waals surface area contributed by atoms with E-state index in [9.17, 15) is 0 Å². The lowest BCUT2D eigenvalue weighted by Crippen LogP contribution is -2.27. The average molecular weight is 287 g/mol. The molecule has 5 heteroatoms. The van der Waals surface area contributed by atoms with Crippen LogP contribution in [0, 0.1) is 0 Å². The summed E-state index contributed by atoms with van der Waals surface area (Å²) in [6, 6.07) is 5.93. The first-order chi connectivity index (χ1) is 10.2. The van der Waals surface area contributed by atoms with Crippen molar-refractivity contribution in [1.29, 1.82) is 0 Å². The van der Waals surface area contributed by atoms with E-state index in [1.165, 1.54) is 5.69 Å². The molecule has 1 aromatic heterocycles. The Morgan fingerprint density at radius 3 is 2.71 bits per heavy atom. The molecule has 0 spiro atoms. The number of benzene rings is 1. The number of rotatable bonds is 4. The molecule has 1 saturated heterocycles. The van der Waals surface area contributed by atoms with E-state index >= 15 is 0 Å². The molecule has 112 valence electrons. The fraction of sp³-hybridized carbons (Fsp3) is 0.438. The third-order valence-electron chi connectivity index (χ3n) is 4.27. The Kier molecular flexibility index (Phi) is 3.59. The summed E-state index contributed by atoms with van der Waals surface area (Å²) < 4.78 is 12.8. The minimum Gasteiger partial charge on any atom is -0.493 e. The van der Waals surface area contributed by atoms with Gasteiger partial charge in [-0.15, -0.1) is 0 Å². The van der Waals surface area contributed by atoms with Gasteiger partial charge in [0.15, 0.2) is 11.5 Å². The maximum absolute atomic E-state index is 5.39. The molecule has 21 heavy (non-hydrogen) atoms. The topological polar surface area (TPSA) is 48.3 Å². The van der Waals surface area contributed by atoms with Gasteiger partial charge in [0.1, 0.15) is 0 Å². The van der Waals surface area contributed by atoms with Gasteiger partial charge in [0.25, 0.3) is 0 Å². The van der Waals surface area contributed by atoms with Crippen LogP contribution in [0.2, 0.25) is 0 Å². The predicted molar refractivity (Wildman–Crippen MR) is 81.5 cm³/mol. The fourth-order valence-electron chi connectivity index (χ4n) is 2.96. The number of nitrogens with one attached hydrogen (secondary N) is 1. The van der Waals surface area contributed by atoms with Crippen LogP contribution in [-0.4, -0.2) is 36.9 Å². The first-order valence-electron chi connectivity index (χ1n) is 7.14. The van der Waals surface area contributed by atoms with Crippen LogP contribution in [0.5, 0.6) is 11.5 Å². The summed E-state index contributed by atoms with van der Waals surface area (Å²) in [7, 11) is 3.30. The van der Waals surface area contributed by atoms with Crippen LogP contribution in [0.3, 0.4) is 0 Å². The Labute approximate surface area is 124 Å². The monoisotopic (exact) mass is 287 g/mol. The molecule has 1 aliphatic heterocycles. The molecule has 2 aromatic rings. The molecule has 0 bridgehead atoms. The highest BCUT2D eigenvalue weighted by molar-refractivity contribution is 5.49. The zero-order valence-corrected chi connectivity index (χ0v) is 12.7. The van der Waals surface area contributed by atoms with Gasteiger partial charge >= 0.3 is 0 Å². The highest BCUT2D eigenvalue weighted by Gasteiger charge is 2.33. The van der Waals surface area contributed by atoms with E-state index in [1.54, 1.807) is 14.2 Å². The zero-order chi connectivity index (χ0) is 14.9. The molecule has 1 N–H and O–H groups in total. The van der Waals surface area contributed by atoms with Crippen LogP contribution in [0.4, 0.5) is 0 Å². The van der Waals surface area contributed by atoms with Gasteiger partial charge in [0, 0.05) is 29.9 Å². The lowest BCUT2D eigenvalue weighted by Gasteiger charge is -2.24. The second-order valence-electron chi connectivity index (χ2n) is 5.68. The third-order valence-corrected chi connectivity index (χ3v) is 4.27. The average Bonchev–Trinajstić information content (AvgIpc) is 3.16. The van der Waals surface area contributed by atoms with Crippen molar-refractivity contribution in [2.24, 2.45) is 0 Å². The lowest BCUT2D eigenvalue weighted by molar-refractivity contribution is 0.354. The molecule has 3 rings (SSSR count). The van der Waals surface area contributed by atoms with Gasteiger partial charge in [0.2, 0.25) is 0 Å². The Bertz CT molecular complexity index is 630. The number of aromatic nitrogens is 2. The van der Waals surface area contributed by atoms with Crippen molar-refractivity contribution in [3.63, 3.8) is 0 Å². The number of hydrogen-bond donors (Lipinski definition) is 1. The Balaban J connectivity index is 2.04. The highest BCUT2D eigenvalue weighted by atomic mass is 16.5. The van der Waals surface area contributed by atoms with Crippen LogP contribution >= 0.6 is 0 Å². The van der Waals surface area contributed by atoms with E-state index < -0.39 is 0 Å². The summed E-state index contributed by atoms with van der Waals surface area (Å²) in [5.41, 5.74) is 2.37. The molecule has 1 fully saturated rings. The van der Waals surface area contributed by atoms with Crippen molar-refractivity contribution < 1.29 is 9.47 Å². The van der Waals surface area contributed by atoms with Gasteiger partial charge in [-0.05, 0) is 25.1 Å². The van der Waals surface area contributed by atoms with Crippen LogP contribution in [-0.2, 0) is 5.41 Å². The summed E-state index contributed by atoms with van der Waals surface area (Å²) in [5, 5.41) is 3.43. The Morgan fingerprint density at radius 1 is 1.24 bits per heavy atom. The van der Waals surface area contributed by atoms with Crippen LogP contribution in [0.1, 0.15) is 19.0 Å². The number of imidazole rings is 1. The van der Waals surface area contributed by atoms with Crippen molar-refractivity contribution in [1.82, 2.24) is 14.9 Å². The SMILES string of the molecule is COc1ccc(-n2cncc2C2(C)CCNC2)cc1OC. The van der Waals surface area contributed by atoms with Gasteiger partial charge in [-0.1, -0.05) is 6.92 Å². The molecule has 0 amide bonds. The normalized spacial score (nSPS) is 21.5. The molecule has 1 atom stereocenters. The van der Waals surface area contributed by atoms with Gasteiger partial charge in [0.05, 0.1) is 26.2 Å². The van der Waals surface area contributed by atoms with Gasteiger partial charge in [-0.2, -0.15) is 0 Å². The number of methoxy groups -OCH3 is 2. The zero-order valence-electron chi connectivity index (χ0n) is 12.7. The second kappa shape index (κ2) is 5.41. The van der Waals surface area contributed by atoms with Gasteiger partial charge < -0.3 is 19.4 Å². The number of ether oxygens (including phenoxy) is 2. The molecule has 0 aliphatic carbocycles. The van der Waals surface area contributed by atoms with E-state index in [-0.39, 0.29) is 5.41 Å². The highest BCUT2D eigenvalue weighted by Crippen LogP contribution is 2.34. The largest absolute Gasteiger partial charge is 0.493 e. The summed E-state index contributed by atoms with van der Waals surface area (Å²) in [6.45, 7) is 4.31. The standard InChI is InChI=1S/C16H21N3O2/c1-16(6-7-17-10-16)15-9-18-11-19(15)12-4-5-13(20-2)14(8-12)21-3/h4-5,8-9,11,17H,6-7,10H2,1-3H3. The van der Waals surface area contributed by atoms with E-state index in [0.29, 0.717) is 0 Å². The maximum Gasteiger partial charge on any atom is 0.162 e. The van der Waals surface area contributed by atoms with Crippen molar-refractivity contribution in [2.45, 2.75) is 18.8 Å². The summed E-state index contributed by atoms with van der Waals surface area (Å²) >= 11 is 0. The first kappa shape index (κ1) is 13.9. The lowest BCUT2D eigenvalue weighted by atomic mass is 9.86. The molecule has 1 aliphatic rings. The fourth-order valence-corrected chi connectivity index (χ4v) is 2.96. The molecular weight excluding hydrogens is 266 g/mol. The minimum atomic E-state index is 0.115. The van der Waals surface area contributed by atoms with Crippen LogP contribution in [0.15, 0.2) is 30.7 Å². The van der Waals surface area contributed by atoms with Crippen LogP contribution in [0.25, 0.3) is 5.69 Å². The van der Waals surface area contributed by atoms with E-state index in [2.05, 4.69) is 21.8 Å². The van der Waals surface area contributed by atoms with Crippen LogP contribution < -0.4 is 14.8 Å². The summed E-state index contributed by atoms with van der Waals surface area (Å²) in [4.78, 5) is 4.35. The van der Waals surface area contributed by atoms with Gasteiger partial charge in [-0.3, -0.25) is 0 Å². The third kappa shape index (κ3) is 2.38. The molecular formula is C16H21N3O2. The maximum atomic E-state index is 5.39. The molecule has 0 saturated carbocycles. The summed E-state index contributed by atoms with van der Waals surface area (Å²) in [5.74, 6) is 1.46. The van der Waals surface area contributed by atoms with Crippen molar-refractivity contribution in [3.05, 3.63) is 36.4 Å².